The summed E-state index contributed by atoms with van der Waals surface area (Å²) in [5, 5.41) is 2.88. The molecule has 0 bridgehead atoms. The number of amides is 1. The van der Waals surface area contributed by atoms with Crippen molar-refractivity contribution >= 4 is 17.4 Å². The molecule has 4 aromatic rings. The summed E-state index contributed by atoms with van der Waals surface area (Å²) in [6.45, 7) is 0. The number of benzene rings is 3. The van der Waals surface area contributed by atoms with Crippen LogP contribution in [0.1, 0.15) is 32.7 Å². The van der Waals surface area contributed by atoms with Crippen molar-refractivity contribution < 1.29 is 14.3 Å². The van der Waals surface area contributed by atoms with E-state index in [1.54, 1.807) is 42.7 Å². The minimum Gasteiger partial charge on any atom is -0.496 e. The summed E-state index contributed by atoms with van der Waals surface area (Å²) in [6.07, 6.45) is 4.36. The molecule has 0 saturated heterocycles. The Bertz CT molecular complexity index is 1240. The number of aromatic nitrogens is 1. The molecule has 0 radical (unpaired) electrons. The second kappa shape index (κ2) is 10.4. The lowest BCUT2D eigenvalue weighted by atomic mass is 10.0. The molecule has 1 heterocycles. The Morgan fingerprint density at radius 2 is 1.64 bits per heavy atom. The van der Waals surface area contributed by atoms with Crippen LogP contribution in [-0.4, -0.2) is 23.8 Å². The van der Waals surface area contributed by atoms with Crippen molar-refractivity contribution in [3.05, 3.63) is 114 Å². The highest BCUT2D eigenvalue weighted by Gasteiger charge is 2.15. The second-order valence-electron chi connectivity index (χ2n) is 7.60. The molecule has 164 valence electrons. The quantitative estimate of drug-likeness (QED) is 0.353. The summed E-state index contributed by atoms with van der Waals surface area (Å²) in [4.78, 5) is 29.7. The van der Waals surface area contributed by atoms with Crippen molar-refractivity contribution in [3.63, 3.8) is 0 Å². The molecule has 1 N–H and O–H groups in total. The highest BCUT2D eigenvalue weighted by atomic mass is 16.5. The van der Waals surface area contributed by atoms with Crippen LogP contribution in [0.2, 0.25) is 0 Å². The van der Waals surface area contributed by atoms with E-state index < -0.39 is 0 Å². The lowest BCUT2D eigenvalue weighted by Gasteiger charge is -2.12. The topological polar surface area (TPSA) is 68.3 Å². The molecular weight excluding hydrogens is 412 g/mol. The van der Waals surface area contributed by atoms with Gasteiger partial charge in [0.1, 0.15) is 5.75 Å². The predicted molar refractivity (Wildman–Crippen MR) is 130 cm³/mol. The summed E-state index contributed by atoms with van der Waals surface area (Å²) < 4.78 is 5.37. The average molecular weight is 437 g/mol. The Balaban J connectivity index is 1.46. The number of hydrogen-bond acceptors (Lipinski definition) is 4. The second-order valence-corrected chi connectivity index (χ2v) is 7.60. The number of ether oxygens (including phenoxy) is 1. The SMILES string of the molecule is COc1ccc(NC(=O)c2ccc(-c3ccccc3)cc2)cc1C(=O)CCc1cccnc1. The van der Waals surface area contributed by atoms with Crippen molar-refractivity contribution in [1.82, 2.24) is 4.98 Å². The minimum absolute atomic E-state index is 0.0565. The number of ketones is 1. The first kappa shape index (κ1) is 22.0. The van der Waals surface area contributed by atoms with Gasteiger partial charge >= 0.3 is 0 Å². The van der Waals surface area contributed by atoms with E-state index in [9.17, 15) is 9.59 Å². The van der Waals surface area contributed by atoms with Crippen molar-refractivity contribution in [2.75, 3.05) is 12.4 Å². The Labute approximate surface area is 193 Å². The molecule has 4 rings (SSSR count). The molecule has 0 saturated carbocycles. The normalized spacial score (nSPS) is 10.5. The summed E-state index contributed by atoms with van der Waals surface area (Å²) in [5.41, 5.74) is 4.65. The van der Waals surface area contributed by atoms with Gasteiger partial charge in [-0.2, -0.15) is 0 Å². The smallest absolute Gasteiger partial charge is 0.255 e. The van der Waals surface area contributed by atoms with Gasteiger partial charge in [0.05, 0.1) is 12.7 Å². The van der Waals surface area contributed by atoms with Gasteiger partial charge < -0.3 is 10.1 Å². The maximum atomic E-state index is 12.9. The summed E-state index contributed by atoms with van der Waals surface area (Å²) in [5.74, 6) is 0.184. The van der Waals surface area contributed by atoms with Crippen molar-refractivity contribution in [2.24, 2.45) is 0 Å². The van der Waals surface area contributed by atoms with Crippen LogP contribution in [0, 0.1) is 0 Å². The van der Waals surface area contributed by atoms with Crippen LogP contribution in [0.4, 0.5) is 5.69 Å². The number of rotatable bonds is 8. The molecule has 33 heavy (non-hydrogen) atoms. The molecule has 0 atom stereocenters. The van der Waals surface area contributed by atoms with Crippen LogP contribution in [0.5, 0.6) is 5.75 Å². The zero-order chi connectivity index (χ0) is 23.0. The molecule has 0 aliphatic rings. The van der Waals surface area contributed by atoms with Crippen LogP contribution in [0.3, 0.4) is 0 Å². The largest absolute Gasteiger partial charge is 0.496 e. The number of methoxy groups -OCH3 is 1. The van der Waals surface area contributed by atoms with Gasteiger partial charge in [0.25, 0.3) is 5.91 Å². The molecule has 5 nitrogen and oxygen atoms in total. The zero-order valence-corrected chi connectivity index (χ0v) is 18.3. The monoisotopic (exact) mass is 436 g/mol. The molecule has 0 fully saturated rings. The summed E-state index contributed by atoms with van der Waals surface area (Å²) >= 11 is 0. The van der Waals surface area contributed by atoms with Crippen LogP contribution in [-0.2, 0) is 6.42 Å². The molecule has 0 aliphatic heterocycles. The van der Waals surface area contributed by atoms with E-state index in [4.69, 9.17) is 4.74 Å². The van der Waals surface area contributed by atoms with Crippen molar-refractivity contribution in [2.45, 2.75) is 12.8 Å². The van der Waals surface area contributed by atoms with Gasteiger partial charge in [-0.1, -0.05) is 48.5 Å². The van der Waals surface area contributed by atoms with E-state index in [1.165, 1.54) is 7.11 Å². The molecule has 1 aromatic heterocycles. The summed E-state index contributed by atoms with van der Waals surface area (Å²) in [7, 11) is 1.53. The molecule has 1 amide bonds. The third-order valence-corrected chi connectivity index (χ3v) is 5.38. The third kappa shape index (κ3) is 5.52. The van der Waals surface area contributed by atoms with Gasteiger partial charge in [0, 0.05) is 30.1 Å². The van der Waals surface area contributed by atoms with Gasteiger partial charge in [0.15, 0.2) is 5.78 Å². The molecule has 5 heteroatoms. The fourth-order valence-electron chi connectivity index (χ4n) is 3.59. The van der Waals surface area contributed by atoms with E-state index in [1.807, 2.05) is 54.6 Å². The fourth-order valence-corrected chi connectivity index (χ4v) is 3.59. The Morgan fingerprint density at radius 3 is 2.33 bits per heavy atom. The van der Waals surface area contributed by atoms with Gasteiger partial charge in [-0.3, -0.25) is 14.6 Å². The number of pyridine rings is 1. The van der Waals surface area contributed by atoms with Crippen LogP contribution in [0.15, 0.2) is 97.3 Å². The Hall–Kier alpha value is -4.25. The van der Waals surface area contributed by atoms with Crippen molar-refractivity contribution in [1.29, 1.82) is 0 Å². The zero-order valence-electron chi connectivity index (χ0n) is 18.3. The fraction of sp³-hybridized carbons (Fsp3) is 0.107. The molecule has 0 aliphatic carbocycles. The van der Waals surface area contributed by atoms with E-state index in [-0.39, 0.29) is 11.7 Å². The standard InChI is InChI=1S/C28H24N2O3/c1-33-27-16-14-24(18-25(27)26(31)15-9-20-6-5-17-29-19-20)30-28(32)23-12-10-22(11-13-23)21-7-3-2-4-8-21/h2-8,10-14,16-19H,9,15H2,1H3,(H,30,32). The lowest BCUT2D eigenvalue weighted by Crippen LogP contribution is -2.13. The number of carbonyl (C=O) groups excluding carboxylic acids is 2. The number of anilines is 1. The number of carbonyl (C=O) groups is 2. The van der Waals surface area contributed by atoms with Gasteiger partial charge in [-0.15, -0.1) is 0 Å². The number of aryl methyl sites for hydroxylation is 1. The first-order valence-corrected chi connectivity index (χ1v) is 10.7. The number of Topliss-reactive ketones (excluding diaryl/α,β-unsaturated/α-hetero) is 1. The van der Waals surface area contributed by atoms with E-state index in [0.29, 0.717) is 35.4 Å². The Kier molecular flexibility index (Phi) is 6.90. The average Bonchev–Trinajstić information content (AvgIpc) is 2.88. The first-order valence-electron chi connectivity index (χ1n) is 10.7. The lowest BCUT2D eigenvalue weighted by molar-refractivity contribution is 0.0977. The number of nitrogens with zero attached hydrogens (tertiary/aromatic N) is 1. The van der Waals surface area contributed by atoms with Gasteiger partial charge in [-0.25, -0.2) is 0 Å². The van der Waals surface area contributed by atoms with E-state index in [0.717, 1.165) is 16.7 Å². The van der Waals surface area contributed by atoms with Crippen LogP contribution in [0.25, 0.3) is 11.1 Å². The molecule has 0 unspecified atom stereocenters. The number of hydrogen-bond donors (Lipinski definition) is 1. The van der Waals surface area contributed by atoms with Crippen molar-refractivity contribution in [3.8, 4) is 16.9 Å². The molecule has 3 aromatic carbocycles. The van der Waals surface area contributed by atoms with E-state index >= 15 is 0 Å². The summed E-state index contributed by atoms with van der Waals surface area (Å²) in [6, 6.07) is 26.3. The first-order chi connectivity index (χ1) is 16.1. The molecule has 0 spiro atoms. The highest BCUT2D eigenvalue weighted by molar-refractivity contribution is 6.06. The minimum atomic E-state index is -0.242. The predicted octanol–water partition coefficient (Wildman–Crippen LogP) is 5.83. The van der Waals surface area contributed by atoms with Crippen LogP contribution < -0.4 is 10.1 Å². The van der Waals surface area contributed by atoms with Gasteiger partial charge in [0.2, 0.25) is 0 Å². The van der Waals surface area contributed by atoms with Gasteiger partial charge in [-0.05, 0) is 59.5 Å². The maximum absolute atomic E-state index is 12.9. The molecular formula is C28H24N2O3. The third-order valence-electron chi connectivity index (χ3n) is 5.38. The highest BCUT2D eigenvalue weighted by Crippen LogP contribution is 2.25. The maximum Gasteiger partial charge on any atom is 0.255 e. The van der Waals surface area contributed by atoms with Crippen LogP contribution >= 0.6 is 0 Å². The Morgan fingerprint density at radius 1 is 0.879 bits per heavy atom. The van der Waals surface area contributed by atoms with E-state index in [2.05, 4.69) is 10.3 Å². The number of nitrogens with one attached hydrogen (secondary N) is 1.